The Kier molecular flexibility index (Phi) is 4.94. The molecule has 0 fully saturated rings. The number of carboxylic acid groups (broad SMARTS) is 1. The lowest BCUT2D eigenvalue weighted by molar-refractivity contribution is 0.0691. The van der Waals surface area contributed by atoms with Crippen molar-refractivity contribution >= 4 is 11.7 Å². The van der Waals surface area contributed by atoms with Gasteiger partial charge in [-0.3, -0.25) is 0 Å². The van der Waals surface area contributed by atoms with Gasteiger partial charge in [0, 0.05) is 12.2 Å². The summed E-state index contributed by atoms with van der Waals surface area (Å²) in [5.41, 5.74) is 0.681. The molecule has 0 bridgehead atoms. The third-order valence-electron chi connectivity index (χ3n) is 2.59. The van der Waals surface area contributed by atoms with Crippen molar-refractivity contribution in [1.82, 2.24) is 4.98 Å². The first-order valence-corrected chi connectivity index (χ1v) is 5.95. The molecule has 1 unspecified atom stereocenters. The maximum atomic E-state index is 11.0. The third kappa shape index (κ3) is 4.43. The predicted molar refractivity (Wildman–Crippen MR) is 68.4 cm³/mol. The van der Waals surface area contributed by atoms with Crippen LogP contribution < -0.4 is 5.32 Å². The van der Waals surface area contributed by atoms with Gasteiger partial charge in [-0.1, -0.05) is 13.8 Å². The van der Waals surface area contributed by atoms with Crippen LogP contribution in [0.2, 0.25) is 0 Å². The highest BCUT2D eigenvalue weighted by molar-refractivity contribution is 5.91. The molecular weight excluding hydrogens is 216 g/mol. The SMILES string of the molecule is CC(C)CCC(C)Nc1cccnc1C(=O)O. The van der Waals surface area contributed by atoms with Gasteiger partial charge in [-0.05, 0) is 37.8 Å². The van der Waals surface area contributed by atoms with Crippen molar-refractivity contribution < 1.29 is 9.90 Å². The van der Waals surface area contributed by atoms with Gasteiger partial charge in [-0.25, -0.2) is 9.78 Å². The van der Waals surface area contributed by atoms with Gasteiger partial charge in [0.1, 0.15) is 0 Å². The summed E-state index contributed by atoms with van der Waals surface area (Å²) in [6, 6.07) is 3.74. The van der Waals surface area contributed by atoms with E-state index in [-0.39, 0.29) is 11.7 Å². The molecule has 1 aromatic rings. The fourth-order valence-corrected chi connectivity index (χ4v) is 1.61. The van der Waals surface area contributed by atoms with Gasteiger partial charge in [0.05, 0.1) is 5.69 Å². The molecule has 1 aromatic heterocycles. The number of carboxylic acids is 1. The van der Waals surface area contributed by atoms with Crippen LogP contribution in [-0.4, -0.2) is 22.1 Å². The lowest BCUT2D eigenvalue weighted by Crippen LogP contribution is -2.18. The molecule has 17 heavy (non-hydrogen) atoms. The van der Waals surface area contributed by atoms with E-state index in [1.165, 1.54) is 6.20 Å². The van der Waals surface area contributed by atoms with Crippen molar-refractivity contribution in [3.05, 3.63) is 24.0 Å². The van der Waals surface area contributed by atoms with E-state index in [0.29, 0.717) is 11.6 Å². The highest BCUT2D eigenvalue weighted by atomic mass is 16.4. The second-order valence-electron chi connectivity index (χ2n) is 4.72. The monoisotopic (exact) mass is 236 g/mol. The minimum absolute atomic E-state index is 0.0869. The number of carbonyl (C=O) groups is 1. The van der Waals surface area contributed by atoms with Crippen LogP contribution in [-0.2, 0) is 0 Å². The fraction of sp³-hybridized carbons (Fsp3) is 0.538. The van der Waals surface area contributed by atoms with E-state index in [4.69, 9.17) is 5.11 Å². The van der Waals surface area contributed by atoms with Crippen LogP contribution in [0.3, 0.4) is 0 Å². The number of hydrogen-bond donors (Lipinski definition) is 2. The zero-order valence-electron chi connectivity index (χ0n) is 10.6. The Morgan fingerprint density at radius 2 is 2.12 bits per heavy atom. The van der Waals surface area contributed by atoms with Crippen molar-refractivity contribution in [3.63, 3.8) is 0 Å². The quantitative estimate of drug-likeness (QED) is 0.797. The summed E-state index contributed by atoms with van der Waals surface area (Å²) >= 11 is 0. The van der Waals surface area contributed by atoms with E-state index >= 15 is 0 Å². The second-order valence-corrected chi connectivity index (χ2v) is 4.72. The molecule has 0 radical (unpaired) electrons. The Morgan fingerprint density at radius 3 is 2.71 bits per heavy atom. The number of hydrogen-bond acceptors (Lipinski definition) is 3. The fourth-order valence-electron chi connectivity index (χ4n) is 1.61. The third-order valence-corrected chi connectivity index (χ3v) is 2.59. The average Bonchev–Trinajstić information content (AvgIpc) is 2.27. The van der Waals surface area contributed by atoms with Crippen LogP contribution in [0.5, 0.6) is 0 Å². The van der Waals surface area contributed by atoms with E-state index in [1.807, 2.05) is 0 Å². The van der Waals surface area contributed by atoms with Crippen molar-refractivity contribution in [2.75, 3.05) is 5.32 Å². The molecule has 0 spiro atoms. The standard InChI is InChI=1S/C13H20N2O2/c1-9(2)6-7-10(3)15-11-5-4-8-14-12(11)13(16)17/h4-5,8-10,15H,6-7H2,1-3H3,(H,16,17). The molecule has 0 aromatic carbocycles. The summed E-state index contributed by atoms with van der Waals surface area (Å²) in [5, 5.41) is 12.2. The number of nitrogens with zero attached hydrogens (tertiary/aromatic N) is 1. The minimum atomic E-state index is -0.996. The molecule has 1 rings (SSSR count). The maximum Gasteiger partial charge on any atom is 0.356 e. The molecule has 1 atom stereocenters. The summed E-state index contributed by atoms with van der Waals surface area (Å²) in [4.78, 5) is 14.8. The van der Waals surface area contributed by atoms with Gasteiger partial charge in [0.25, 0.3) is 0 Å². The Hall–Kier alpha value is -1.58. The summed E-state index contributed by atoms with van der Waals surface area (Å²) in [7, 11) is 0. The first-order valence-electron chi connectivity index (χ1n) is 5.95. The van der Waals surface area contributed by atoms with Crippen molar-refractivity contribution in [3.8, 4) is 0 Å². The first kappa shape index (κ1) is 13.5. The summed E-state index contributed by atoms with van der Waals surface area (Å²) in [6.45, 7) is 6.42. The number of nitrogens with one attached hydrogen (secondary N) is 1. The van der Waals surface area contributed by atoms with E-state index in [2.05, 4.69) is 31.1 Å². The molecule has 1 heterocycles. The molecule has 2 N–H and O–H groups in total. The topological polar surface area (TPSA) is 62.2 Å². The molecule has 94 valence electrons. The normalized spacial score (nSPS) is 12.5. The molecule has 0 amide bonds. The number of aromatic nitrogens is 1. The Labute approximate surface area is 102 Å². The summed E-state index contributed by atoms with van der Waals surface area (Å²) in [6.07, 6.45) is 3.63. The van der Waals surface area contributed by atoms with Gasteiger partial charge < -0.3 is 10.4 Å². The Bertz CT molecular complexity index is 377. The number of rotatable bonds is 6. The highest BCUT2D eigenvalue weighted by Crippen LogP contribution is 2.16. The number of aromatic carboxylic acids is 1. The Balaban J connectivity index is 2.64. The lowest BCUT2D eigenvalue weighted by Gasteiger charge is -2.17. The van der Waals surface area contributed by atoms with Gasteiger partial charge in [-0.2, -0.15) is 0 Å². The molecule has 0 saturated heterocycles. The zero-order valence-corrected chi connectivity index (χ0v) is 10.6. The first-order chi connectivity index (χ1) is 8.00. The molecular formula is C13H20N2O2. The smallest absolute Gasteiger partial charge is 0.356 e. The van der Waals surface area contributed by atoms with Gasteiger partial charge in [-0.15, -0.1) is 0 Å². The van der Waals surface area contributed by atoms with E-state index < -0.39 is 5.97 Å². The van der Waals surface area contributed by atoms with Crippen LogP contribution in [0, 0.1) is 5.92 Å². The molecule has 4 heteroatoms. The maximum absolute atomic E-state index is 11.0. The largest absolute Gasteiger partial charge is 0.476 e. The molecule has 0 aliphatic heterocycles. The Morgan fingerprint density at radius 1 is 1.41 bits per heavy atom. The van der Waals surface area contributed by atoms with Crippen LogP contribution in [0.25, 0.3) is 0 Å². The second kappa shape index (κ2) is 6.23. The summed E-state index contributed by atoms with van der Waals surface area (Å²) in [5.74, 6) is -0.337. The zero-order chi connectivity index (χ0) is 12.8. The van der Waals surface area contributed by atoms with E-state index in [1.54, 1.807) is 12.1 Å². The van der Waals surface area contributed by atoms with Crippen molar-refractivity contribution in [1.29, 1.82) is 0 Å². The van der Waals surface area contributed by atoms with Crippen LogP contribution in [0.4, 0.5) is 5.69 Å². The minimum Gasteiger partial charge on any atom is -0.476 e. The highest BCUT2D eigenvalue weighted by Gasteiger charge is 2.12. The van der Waals surface area contributed by atoms with E-state index in [0.717, 1.165) is 12.8 Å². The predicted octanol–water partition coefficient (Wildman–Crippen LogP) is 3.02. The van der Waals surface area contributed by atoms with Crippen molar-refractivity contribution in [2.24, 2.45) is 5.92 Å². The van der Waals surface area contributed by atoms with Gasteiger partial charge in [0.2, 0.25) is 0 Å². The van der Waals surface area contributed by atoms with Crippen LogP contribution in [0.1, 0.15) is 44.1 Å². The molecule has 0 aliphatic carbocycles. The van der Waals surface area contributed by atoms with E-state index in [9.17, 15) is 4.79 Å². The van der Waals surface area contributed by atoms with Gasteiger partial charge in [0.15, 0.2) is 5.69 Å². The number of pyridine rings is 1. The molecule has 4 nitrogen and oxygen atoms in total. The van der Waals surface area contributed by atoms with Crippen LogP contribution in [0.15, 0.2) is 18.3 Å². The van der Waals surface area contributed by atoms with Crippen molar-refractivity contribution in [2.45, 2.75) is 39.7 Å². The average molecular weight is 236 g/mol. The lowest BCUT2D eigenvalue weighted by atomic mass is 10.0. The molecule has 0 saturated carbocycles. The summed E-state index contributed by atoms with van der Waals surface area (Å²) < 4.78 is 0. The van der Waals surface area contributed by atoms with Gasteiger partial charge >= 0.3 is 5.97 Å². The number of anilines is 1. The molecule has 0 aliphatic rings. The van der Waals surface area contributed by atoms with Crippen LogP contribution >= 0.6 is 0 Å².